The second kappa shape index (κ2) is 7.98. The molecule has 2 aliphatic rings. The van der Waals surface area contributed by atoms with Crippen molar-refractivity contribution in [2.45, 2.75) is 57.9 Å². The number of unbranched alkanes of at least 4 members (excludes halogenated alkanes) is 1. The lowest BCUT2D eigenvalue weighted by Crippen LogP contribution is -2.51. The number of aromatic nitrogens is 1. The summed E-state index contributed by atoms with van der Waals surface area (Å²) in [6, 6.07) is 3.47. The molecule has 1 aromatic rings. The van der Waals surface area contributed by atoms with Crippen molar-refractivity contribution in [3.63, 3.8) is 0 Å². The molecule has 6 nitrogen and oxygen atoms in total. The zero-order valence-corrected chi connectivity index (χ0v) is 15.8. The number of rotatable bonds is 6. The van der Waals surface area contributed by atoms with E-state index in [0.717, 1.165) is 38.1 Å². The van der Waals surface area contributed by atoms with Crippen LogP contribution >= 0.6 is 0 Å². The quantitative estimate of drug-likeness (QED) is 0.787. The molecule has 3 heterocycles. The summed E-state index contributed by atoms with van der Waals surface area (Å²) in [5.41, 5.74) is 0.00114. The normalized spacial score (nSPS) is 19.2. The average Bonchev–Trinajstić information content (AvgIpc) is 2.93. The topological polar surface area (TPSA) is 65.9 Å². The maximum absolute atomic E-state index is 13.1. The van der Waals surface area contributed by atoms with Gasteiger partial charge in [-0.2, -0.15) is 0 Å². The first-order valence-corrected chi connectivity index (χ1v) is 9.71. The van der Waals surface area contributed by atoms with Crippen LogP contribution in [0.2, 0.25) is 0 Å². The van der Waals surface area contributed by atoms with Crippen molar-refractivity contribution in [3.8, 4) is 0 Å². The highest BCUT2D eigenvalue weighted by atomic mass is 16.2. The van der Waals surface area contributed by atoms with E-state index >= 15 is 0 Å². The van der Waals surface area contributed by atoms with E-state index in [1.807, 2.05) is 9.80 Å². The van der Waals surface area contributed by atoms with Gasteiger partial charge in [0.15, 0.2) is 0 Å². The van der Waals surface area contributed by atoms with Crippen molar-refractivity contribution in [1.82, 2.24) is 14.8 Å². The first-order chi connectivity index (χ1) is 12.6. The fourth-order valence-corrected chi connectivity index (χ4v) is 3.79. The van der Waals surface area contributed by atoms with Gasteiger partial charge in [0, 0.05) is 44.0 Å². The number of nitrogens with zero attached hydrogens (tertiary/aromatic N) is 4. The molecule has 0 saturated carbocycles. The number of hydrogen-bond acceptors (Lipinski definition) is 4. The summed E-state index contributed by atoms with van der Waals surface area (Å²) in [5.74, 6) is 1.10. The second-order valence-corrected chi connectivity index (χ2v) is 7.15. The number of pyridine rings is 1. The predicted octanol–water partition coefficient (Wildman–Crippen LogP) is 2.90. The van der Waals surface area contributed by atoms with E-state index in [2.05, 4.69) is 18.8 Å². The summed E-state index contributed by atoms with van der Waals surface area (Å²) in [7, 11) is 0. The van der Waals surface area contributed by atoms with E-state index in [0.29, 0.717) is 31.5 Å². The highest BCUT2D eigenvalue weighted by Crippen LogP contribution is 2.35. The Labute approximate surface area is 155 Å². The largest absolute Gasteiger partial charge is 0.338 e. The smallest absolute Gasteiger partial charge is 0.256 e. The third-order valence-electron chi connectivity index (χ3n) is 5.30. The average molecular weight is 356 g/mol. The fourth-order valence-electron chi connectivity index (χ4n) is 3.79. The predicted molar refractivity (Wildman–Crippen MR) is 101 cm³/mol. The van der Waals surface area contributed by atoms with Crippen molar-refractivity contribution >= 4 is 17.6 Å². The summed E-state index contributed by atoms with van der Waals surface area (Å²) in [4.78, 5) is 38.3. The molecule has 2 amide bonds. The zero-order chi connectivity index (χ0) is 18.6. The lowest BCUT2D eigenvalue weighted by atomic mass is 9.87. The third kappa shape index (κ3) is 3.50. The standard InChI is InChI=1S/C20H28N4O2/c1-3-5-6-17-22-20(19(26)24(17)13-4-2)9-14-23(15-10-20)18(25)16-7-11-21-12-8-16/h7-8,11-12H,3-6,9-10,13-15H2,1-2H3. The lowest BCUT2D eigenvalue weighted by molar-refractivity contribution is -0.132. The summed E-state index contributed by atoms with van der Waals surface area (Å²) < 4.78 is 0. The number of amidine groups is 1. The molecule has 140 valence electrons. The van der Waals surface area contributed by atoms with Gasteiger partial charge in [0.2, 0.25) is 0 Å². The Kier molecular flexibility index (Phi) is 5.69. The number of hydrogen-bond donors (Lipinski definition) is 0. The number of amides is 2. The van der Waals surface area contributed by atoms with Crippen LogP contribution in [0.3, 0.4) is 0 Å². The molecular weight excluding hydrogens is 328 g/mol. The van der Waals surface area contributed by atoms with Crippen molar-refractivity contribution in [2.75, 3.05) is 19.6 Å². The Balaban J connectivity index is 1.71. The third-order valence-corrected chi connectivity index (χ3v) is 5.30. The molecule has 0 atom stereocenters. The highest BCUT2D eigenvalue weighted by molar-refractivity contribution is 6.08. The molecular formula is C20H28N4O2. The van der Waals surface area contributed by atoms with Crippen molar-refractivity contribution in [2.24, 2.45) is 4.99 Å². The van der Waals surface area contributed by atoms with Crippen LogP contribution < -0.4 is 0 Å². The Morgan fingerprint density at radius 2 is 1.85 bits per heavy atom. The van der Waals surface area contributed by atoms with Crippen LogP contribution in [0.5, 0.6) is 0 Å². The number of aliphatic imine (C=N–C) groups is 1. The van der Waals surface area contributed by atoms with Crippen LogP contribution in [-0.2, 0) is 4.79 Å². The van der Waals surface area contributed by atoms with E-state index in [4.69, 9.17) is 4.99 Å². The van der Waals surface area contributed by atoms with Gasteiger partial charge in [-0.25, -0.2) is 0 Å². The molecule has 3 rings (SSSR count). The lowest BCUT2D eigenvalue weighted by Gasteiger charge is -2.36. The Morgan fingerprint density at radius 3 is 2.46 bits per heavy atom. The van der Waals surface area contributed by atoms with Crippen LogP contribution in [0.15, 0.2) is 29.5 Å². The van der Waals surface area contributed by atoms with Gasteiger partial charge >= 0.3 is 0 Å². The Hall–Kier alpha value is -2.24. The maximum Gasteiger partial charge on any atom is 0.256 e. The minimum absolute atomic E-state index is 0.00768. The van der Waals surface area contributed by atoms with Crippen molar-refractivity contribution in [1.29, 1.82) is 0 Å². The SMILES string of the molecule is CCCCC1=NC2(CCN(C(=O)c3ccncc3)CC2)C(=O)N1CCC. The molecule has 0 radical (unpaired) electrons. The molecule has 0 unspecified atom stereocenters. The van der Waals surface area contributed by atoms with Crippen molar-refractivity contribution < 1.29 is 9.59 Å². The van der Waals surface area contributed by atoms with E-state index in [9.17, 15) is 9.59 Å². The molecule has 1 saturated heterocycles. The highest BCUT2D eigenvalue weighted by Gasteiger charge is 2.49. The van der Waals surface area contributed by atoms with E-state index in [1.54, 1.807) is 24.5 Å². The van der Waals surface area contributed by atoms with E-state index in [1.165, 1.54) is 0 Å². The minimum Gasteiger partial charge on any atom is -0.338 e. The van der Waals surface area contributed by atoms with Crippen LogP contribution in [0.25, 0.3) is 0 Å². The van der Waals surface area contributed by atoms with Gasteiger partial charge in [0.25, 0.3) is 11.8 Å². The van der Waals surface area contributed by atoms with Gasteiger partial charge < -0.3 is 4.90 Å². The number of likely N-dealkylation sites (tertiary alicyclic amines) is 1. The summed E-state index contributed by atoms with van der Waals surface area (Å²) in [6.45, 7) is 6.11. The molecule has 26 heavy (non-hydrogen) atoms. The minimum atomic E-state index is -0.646. The number of carbonyl (C=O) groups is 2. The zero-order valence-electron chi connectivity index (χ0n) is 15.8. The Morgan fingerprint density at radius 1 is 1.15 bits per heavy atom. The fraction of sp³-hybridized carbons (Fsp3) is 0.600. The molecule has 2 aliphatic heterocycles. The first-order valence-electron chi connectivity index (χ1n) is 9.71. The second-order valence-electron chi connectivity index (χ2n) is 7.15. The first kappa shape index (κ1) is 18.5. The summed E-state index contributed by atoms with van der Waals surface area (Å²) in [6.07, 6.45) is 8.42. The molecule has 1 fully saturated rings. The van der Waals surface area contributed by atoms with Gasteiger partial charge in [-0.3, -0.25) is 24.5 Å². The molecule has 0 aliphatic carbocycles. The van der Waals surface area contributed by atoms with Gasteiger partial charge in [-0.05, 0) is 37.8 Å². The van der Waals surface area contributed by atoms with E-state index < -0.39 is 5.54 Å². The van der Waals surface area contributed by atoms with Gasteiger partial charge in [-0.1, -0.05) is 20.3 Å². The number of piperidine rings is 1. The molecule has 1 spiro atoms. The van der Waals surface area contributed by atoms with Crippen LogP contribution in [-0.4, -0.2) is 57.6 Å². The molecule has 0 aromatic carbocycles. The molecule has 1 aromatic heterocycles. The summed E-state index contributed by atoms with van der Waals surface area (Å²) in [5, 5.41) is 0. The van der Waals surface area contributed by atoms with E-state index in [-0.39, 0.29) is 11.8 Å². The molecule has 0 N–H and O–H groups in total. The molecule has 6 heteroatoms. The van der Waals surface area contributed by atoms with Crippen LogP contribution in [0.1, 0.15) is 62.7 Å². The van der Waals surface area contributed by atoms with Gasteiger partial charge in [0.05, 0.1) is 0 Å². The Bertz CT molecular complexity index is 678. The summed E-state index contributed by atoms with van der Waals surface area (Å²) >= 11 is 0. The van der Waals surface area contributed by atoms with Crippen LogP contribution in [0.4, 0.5) is 0 Å². The van der Waals surface area contributed by atoms with Crippen molar-refractivity contribution in [3.05, 3.63) is 30.1 Å². The monoisotopic (exact) mass is 356 g/mol. The number of carbonyl (C=O) groups excluding carboxylic acids is 2. The molecule has 0 bridgehead atoms. The van der Waals surface area contributed by atoms with Gasteiger partial charge in [-0.15, -0.1) is 0 Å². The van der Waals surface area contributed by atoms with Gasteiger partial charge in [0.1, 0.15) is 11.4 Å². The van der Waals surface area contributed by atoms with Crippen LogP contribution in [0, 0.1) is 0 Å². The maximum atomic E-state index is 13.1.